The minimum atomic E-state index is -0.943. The number of carbonyl (C=O) groups excluding carboxylic acids is 1. The monoisotopic (exact) mass is 446 g/mol. The zero-order valence-electron chi connectivity index (χ0n) is 12.5. The fourth-order valence-electron chi connectivity index (χ4n) is 2.71. The van der Waals surface area contributed by atoms with Crippen molar-refractivity contribution in [2.75, 3.05) is 13.1 Å². The lowest BCUT2D eigenvalue weighted by Crippen LogP contribution is -2.58. The van der Waals surface area contributed by atoms with E-state index in [1.54, 1.807) is 12.1 Å². The zero-order chi connectivity index (χ0) is 17.4. The van der Waals surface area contributed by atoms with Crippen molar-refractivity contribution in [3.8, 4) is 0 Å². The zero-order valence-corrected chi connectivity index (χ0v) is 14.7. The van der Waals surface area contributed by atoms with E-state index in [0.717, 1.165) is 6.07 Å². The number of carbonyl (C=O) groups is 1. The number of benzene rings is 2. The van der Waals surface area contributed by atoms with Gasteiger partial charge in [-0.1, -0.05) is 6.07 Å². The van der Waals surface area contributed by atoms with Gasteiger partial charge in [0.05, 0.1) is 5.56 Å². The topological polar surface area (TPSA) is 46.3 Å². The maximum Gasteiger partial charge on any atom is 0.257 e. The lowest BCUT2D eigenvalue weighted by Gasteiger charge is -2.37. The summed E-state index contributed by atoms with van der Waals surface area (Å²) >= 11 is 1.97. The highest BCUT2D eigenvalue weighted by Crippen LogP contribution is 2.24. The Balaban J connectivity index is 1.98. The van der Waals surface area contributed by atoms with Gasteiger partial charge in [0, 0.05) is 35.2 Å². The molecule has 24 heavy (non-hydrogen) atoms. The molecule has 2 aromatic carbocycles. The van der Waals surface area contributed by atoms with Gasteiger partial charge in [0.2, 0.25) is 0 Å². The second kappa shape index (κ2) is 6.72. The molecule has 1 amide bonds. The summed E-state index contributed by atoms with van der Waals surface area (Å²) in [6.07, 6.45) is -0.0710. The van der Waals surface area contributed by atoms with Gasteiger partial charge >= 0.3 is 0 Å². The largest absolute Gasteiger partial charge is 0.335 e. The fourth-order valence-corrected chi connectivity index (χ4v) is 3.17. The summed E-state index contributed by atoms with van der Waals surface area (Å²) in [6, 6.07) is 6.20. The third-order valence-corrected chi connectivity index (χ3v) is 4.61. The molecule has 0 unspecified atom stereocenters. The van der Waals surface area contributed by atoms with E-state index in [0.29, 0.717) is 22.7 Å². The first-order chi connectivity index (χ1) is 11.3. The Bertz CT molecular complexity index is 807. The predicted molar refractivity (Wildman–Crippen MR) is 92.2 cm³/mol. The van der Waals surface area contributed by atoms with Gasteiger partial charge in [-0.15, -0.1) is 0 Å². The molecule has 0 saturated carbocycles. The molecule has 0 aliphatic carbocycles. The second-order valence-corrected chi connectivity index (χ2v) is 7.05. The van der Waals surface area contributed by atoms with Crippen LogP contribution >= 0.6 is 22.6 Å². The quantitative estimate of drug-likeness (QED) is 0.738. The minimum absolute atomic E-state index is 0.0710. The highest BCUT2D eigenvalue weighted by Gasteiger charge is 2.31. The van der Waals surface area contributed by atoms with Crippen molar-refractivity contribution < 1.29 is 18.0 Å². The van der Waals surface area contributed by atoms with E-state index in [1.807, 2.05) is 22.6 Å². The normalized spacial score (nSPS) is 14.6. The van der Waals surface area contributed by atoms with Crippen LogP contribution in [-0.2, 0) is 6.42 Å². The molecule has 0 spiro atoms. The van der Waals surface area contributed by atoms with Gasteiger partial charge in [-0.3, -0.25) is 4.79 Å². The molecule has 2 N–H and O–H groups in total. The Hall–Kier alpha value is -1.61. The van der Waals surface area contributed by atoms with Gasteiger partial charge in [0.25, 0.3) is 5.91 Å². The van der Waals surface area contributed by atoms with Crippen LogP contribution in [0.2, 0.25) is 0 Å². The Morgan fingerprint density at radius 3 is 2.46 bits per heavy atom. The molecule has 0 aromatic heterocycles. The molecule has 2 aromatic rings. The Morgan fingerprint density at radius 1 is 1.12 bits per heavy atom. The number of amides is 1. The van der Waals surface area contributed by atoms with E-state index in [-0.39, 0.29) is 29.2 Å². The lowest BCUT2D eigenvalue weighted by molar-refractivity contribution is 0.0602. The Labute approximate surface area is 150 Å². The van der Waals surface area contributed by atoms with Crippen LogP contribution in [0.1, 0.15) is 21.5 Å². The molecule has 1 aliphatic heterocycles. The summed E-state index contributed by atoms with van der Waals surface area (Å²) in [5, 5.41) is 0. The van der Waals surface area contributed by atoms with E-state index in [4.69, 9.17) is 5.73 Å². The van der Waals surface area contributed by atoms with Crippen LogP contribution < -0.4 is 5.73 Å². The molecule has 0 bridgehead atoms. The van der Waals surface area contributed by atoms with Crippen LogP contribution in [-0.4, -0.2) is 29.9 Å². The van der Waals surface area contributed by atoms with Gasteiger partial charge < -0.3 is 10.6 Å². The summed E-state index contributed by atoms with van der Waals surface area (Å²) in [5.74, 6) is -2.77. The third kappa shape index (κ3) is 3.41. The van der Waals surface area contributed by atoms with E-state index in [9.17, 15) is 18.0 Å². The summed E-state index contributed by atoms with van der Waals surface area (Å²) in [4.78, 5) is 13.9. The van der Waals surface area contributed by atoms with Crippen LogP contribution in [0.25, 0.3) is 0 Å². The number of nitrogens with two attached hydrogens (primary N) is 1. The van der Waals surface area contributed by atoms with Crippen molar-refractivity contribution in [3.63, 3.8) is 0 Å². The molecular formula is C17H14F3IN2O. The Kier molecular flexibility index (Phi) is 4.82. The van der Waals surface area contributed by atoms with Crippen molar-refractivity contribution in [3.05, 3.63) is 68.0 Å². The number of likely N-dealkylation sites (tertiary alicyclic amines) is 1. The molecule has 0 radical (unpaired) electrons. The fraction of sp³-hybridized carbons (Fsp3) is 0.235. The molecule has 1 heterocycles. The van der Waals surface area contributed by atoms with Crippen LogP contribution in [0.5, 0.6) is 0 Å². The summed E-state index contributed by atoms with van der Waals surface area (Å²) in [7, 11) is 0. The average molecular weight is 446 g/mol. The van der Waals surface area contributed by atoms with Gasteiger partial charge in [-0.25, -0.2) is 13.2 Å². The molecular weight excluding hydrogens is 432 g/mol. The average Bonchev–Trinajstić information content (AvgIpc) is 2.46. The highest BCUT2D eigenvalue weighted by atomic mass is 127. The smallest absolute Gasteiger partial charge is 0.257 e. The molecule has 7 heteroatoms. The lowest BCUT2D eigenvalue weighted by atomic mass is 9.96. The summed E-state index contributed by atoms with van der Waals surface area (Å²) in [5.41, 5.74) is 5.82. The first kappa shape index (κ1) is 17.2. The van der Waals surface area contributed by atoms with Crippen LogP contribution in [0.4, 0.5) is 13.2 Å². The van der Waals surface area contributed by atoms with Crippen LogP contribution in [0.3, 0.4) is 0 Å². The predicted octanol–water partition coefficient (Wildman–Crippen LogP) is 3.08. The molecule has 3 rings (SSSR count). The third-order valence-electron chi connectivity index (χ3n) is 3.94. The molecule has 3 nitrogen and oxygen atoms in total. The van der Waals surface area contributed by atoms with Crippen molar-refractivity contribution in [2.45, 2.75) is 12.5 Å². The minimum Gasteiger partial charge on any atom is -0.335 e. The SMILES string of the molecule is NC1CN(C(=O)c2c(F)cc(F)cc2Cc2ccc(I)cc2F)C1. The molecule has 1 fully saturated rings. The number of rotatable bonds is 3. The first-order valence-electron chi connectivity index (χ1n) is 7.32. The number of halogens is 4. The standard InChI is InChI=1S/C17H14F3IN2O/c18-11-4-10(3-9-1-2-12(21)6-14(9)19)16(15(20)5-11)17(24)23-7-13(22)8-23/h1-2,4-6,13H,3,7-8,22H2. The summed E-state index contributed by atoms with van der Waals surface area (Å²) < 4.78 is 42.6. The molecule has 1 saturated heterocycles. The van der Waals surface area contributed by atoms with Crippen molar-refractivity contribution in [1.82, 2.24) is 4.90 Å². The molecule has 126 valence electrons. The second-order valence-electron chi connectivity index (χ2n) is 5.80. The number of hydrogen-bond acceptors (Lipinski definition) is 2. The first-order valence-corrected chi connectivity index (χ1v) is 8.39. The van der Waals surface area contributed by atoms with E-state index in [2.05, 4.69) is 0 Å². The maximum atomic E-state index is 14.2. The van der Waals surface area contributed by atoms with Crippen LogP contribution in [0.15, 0.2) is 30.3 Å². The Morgan fingerprint density at radius 2 is 1.83 bits per heavy atom. The van der Waals surface area contributed by atoms with Gasteiger partial charge in [-0.05, 0) is 51.9 Å². The molecule has 0 atom stereocenters. The van der Waals surface area contributed by atoms with Crippen molar-refractivity contribution >= 4 is 28.5 Å². The van der Waals surface area contributed by atoms with Crippen molar-refractivity contribution in [1.29, 1.82) is 0 Å². The van der Waals surface area contributed by atoms with E-state index in [1.165, 1.54) is 11.0 Å². The van der Waals surface area contributed by atoms with Gasteiger partial charge in [0.15, 0.2) is 0 Å². The van der Waals surface area contributed by atoms with Crippen molar-refractivity contribution in [2.24, 2.45) is 5.73 Å². The van der Waals surface area contributed by atoms with Crippen LogP contribution in [0, 0.1) is 21.0 Å². The number of nitrogens with zero attached hydrogens (tertiary/aromatic N) is 1. The summed E-state index contributed by atoms with van der Waals surface area (Å²) in [6.45, 7) is 0.653. The van der Waals surface area contributed by atoms with Gasteiger partial charge in [0.1, 0.15) is 17.5 Å². The van der Waals surface area contributed by atoms with E-state index < -0.39 is 23.4 Å². The molecule has 1 aliphatic rings. The maximum absolute atomic E-state index is 14.2. The highest BCUT2D eigenvalue weighted by molar-refractivity contribution is 14.1. The number of hydrogen-bond donors (Lipinski definition) is 1. The van der Waals surface area contributed by atoms with E-state index >= 15 is 0 Å². The van der Waals surface area contributed by atoms with Gasteiger partial charge in [-0.2, -0.15) is 0 Å².